The van der Waals surface area contributed by atoms with E-state index in [1.165, 1.54) is 6.07 Å². The van der Waals surface area contributed by atoms with E-state index in [1.54, 1.807) is 13.0 Å². The van der Waals surface area contributed by atoms with E-state index < -0.39 is 22.4 Å². The number of nitrogens with two attached hydrogens (primary N) is 1. The van der Waals surface area contributed by atoms with Gasteiger partial charge in [-0.3, -0.25) is 10.1 Å². The summed E-state index contributed by atoms with van der Waals surface area (Å²) in [6, 6.07) is 3.55. The van der Waals surface area contributed by atoms with Crippen molar-refractivity contribution in [3.05, 3.63) is 45.5 Å². The van der Waals surface area contributed by atoms with Crippen molar-refractivity contribution in [2.45, 2.75) is 19.4 Å². The van der Waals surface area contributed by atoms with Gasteiger partial charge >= 0.3 is 5.69 Å². The van der Waals surface area contributed by atoms with Crippen molar-refractivity contribution in [2.75, 3.05) is 0 Å². The van der Waals surface area contributed by atoms with Gasteiger partial charge < -0.3 is 10.8 Å². The van der Waals surface area contributed by atoms with Gasteiger partial charge in [-0.05, 0) is 19.4 Å². The predicted octanol–water partition coefficient (Wildman–Crippen LogP) is 2.14. The lowest BCUT2D eigenvalue weighted by atomic mass is 9.97. The molecule has 0 saturated carbocycles. The minimum atomic E-state index is -0.743. The molecule has 18 heavy (non-hydrogen) atoms. The molecule has 6 nitrogen and oxygen atoms in total. The molecule has 0 spiro atoms. The first-order chi connectivity index (χ1) is 8.36. The zero-order valence-electron chi connectivity index (χ0n) is 9.88. The summed E-state index contributed by atoms with van der Waals surface area (Å²) in [6.45, 7) is 5.45. The molecule has 1 atom stereocenters. The van der Waals surface area contributed by atoms with E-state index in [0.717, 1.165) is 11.6 Å². The fraction of sp³-hybridized carbons (Fsp3) is 0.250. The lowest BCUT2D eigenvalue weighted by molar-refractivity contribution is -0.386. The summed E-state index contributed by atoms with van der Waals surface area (Å²) < 4.78 is 0. The molecule has 0 heterocycles. The maximum absolute atomic E-state index is 10.8. The summed E-state index contributed by atoms with van der Waals surface area (Å²) in [5.74, 6) is -0.493. The number of hydrogen-bond acceptors (Lipinski definition) is 5. The third-order valence-electron chi connectivity index (χ3n) is 2.41. The smallest absolute Gasteiger partial charge is 0.312 e. The molecule has 1 aromatic carbocycles. The molecule has 0 aromatic heterocycles. The molecule has 1 aromatic rings. The largest absolute Gasteiger partial charge is 0.502 e. The van der Waals surface area contributed by atoms with Crippen LogP contribution in [0.5, 0.6) is 5.75 Å². The van der Waals surface area contributed by atoms with Crippen LogP contribution in [-0.2, 0) is 0 Å². The highest BCUT2D eigenvalue weighted by molar-refractivity contribution is 5.57. The van der Waals surface area contributed by atoms with Gasteiger partial charge in [0.15, 0.2) is 5.75 Å². The Hall–Kier alpha value is -2.39. The van der Waals surface area contributed by atoms with Crippen molar-refractivity contribution >= 4 is 5.69 Å². The molecule has 0 aliphatic carbocycles. The summed E-state index contributed by atoms with van der Waals surface area (Å²) in [6.07, 6.45) is 0.375. The average molecular weight is 247 g/mol. The van der Waals surface area contributed by atoms with E-state index in [2.05, 4.69) is 6.58 Å². The molecular formula is C12H13N3O3. The molecule has 94 valence electrons. The highest BCUT2D eigenvalue weighted by Crippen LogP contribution is 2.35. The fourth-order valence-corrected chi connectivity index (χ4v) is 1.61. The molecule has 0 unspecified atom stereocenters. The van der Waals surface area contributed by atoms with E-state index in [4.69, 9.17) is 11.0 Å². The first kappa shape index (κ1) is 13.7. The van der Waals surface area contributed by atoms with Gasteiger partial charge in [-0.15, -0.1) is 6.58 Å². The Bertz CT molecular complexity index is 546. The van der Waals surface area contributed by atoms with Gasteiger partial charge in [-0.25, -0.2) is 0 Å². The summed E-state index contributed by atoms with van der Waals surface area (Å²) in [4.78, 5) is 10.0. The van der Waals surface area contributed by atoms with Crippen LogP contribution in [0, 0.1) is 21.4 Å². The molecule has 0 aliphatic rings. The zero-order chi connectivity index (χ0) is 13.9. The number of nitro groups is 1. The Morgan fingerprint density at radius 2 is 2.33 bits per heavy atom. The standard InChI is InChI=1S/C12H13N3O3/c1-7(2)3-10(14)9-4-8(6-13)5-11(12(9)16)15(17)18/h4-5,10,16H,1,3,14H2,2H3/t10-/m0/s1. The van der Waals surface area contributed by atoms with Gasteiger partial charge in [-0.1, -0.05) is 5.57 Å². The highest BCUT2D eigenvalue weighted by Gasteiger charge is 2.22. The molecule has 0 saturated heterocycles. The maximum atomic E-state index is 10.8. The summed E-state index contributed by atoms with van der Waals surface area (Å²) in [5, 5.41) is 29.4. The highest BCUT2D eigenvalue weighted by atomic mass is 16.6. The van der Waals surface area contributed by atoms with Gasteiger partial charge in [0.05, 0.1) is 16.6 Å². The van der Waals surface area contributed by atoms with Crippen molar-refractivity contribution in [1.29, 1.82) is 5.26 Å². The third kappa shape index (κ3) is 2.84. The second kappa shape index (κ2) is 5.29. The summed E-state index contributed by atoms with van der Waals surface area (Å²) in [7, 11) is 0. The van der Waals surface area contributed by atoms with E-state index in [0.29, 0.717) is 6.42 Å². The Morgan fingerprint density at radius 3 is 2.78 bits per heavy atom. The molecule has 0 bridgehead atoms. The number of nitro benzene ring substituents is 1. The molecular weight excluding hydrogens is 234 g/mol. The van der Waals surface area contributed by atoms with Gasteiger partial charge in [0.1, 0.15) is 0 Å². The monoisotopic (exact) mass is 247 g/mol. The number of benzene rings is 1. The van der Waals surface area contributed by atoms with Crippen LogP contribution >= 0.6 is 0 Å². The molecule has 0 amide bonds. The van der Waals surface area contributed by atoms with Crippen LogP contribution in [0.1, 0.15) is 30.5 Å². The van der Waals surface area contributed by atoms with Gasteiger partial charge in [0.2, 0.25) is 0 Å². The second-order valence-corrected chi connectivity index (χ2v) is 4.07. The predicted molar refractivity (Wildman–Crippen MR) is 65.8 cm³/mol. The van der Waals surface area contributed by atoms with E-state index >= 15 is 0 Å². The lowest BCUT2D eigenvalue weighted by Crippen LogP contribution is -2.11. The minimum absolute atomic E-state index is 0.0895. The number of hydrogen-bond donors (Lipinski definition) is 2. The number of nitrogens with zero attached hydrogens (tertiary/aromatic N) is 2. The molecule has 0 fully saturated rings. The van der Waals surface area contributed by atoms with Gasteiger partial charge in [-0.2, -0.15) is 5.26 Å². The summed E-state index contributed by atoms with van der Waals surface area (Å²) in [5.41, 5.74) is 6.38. The van der Waals surface area contributed by atoms with Gasteiger partial charge in [0, 0.05) is 17.7 Å². The van der Waals surface area contributed by atoms with E-state index in [-0.39, 0.29) is 11.1 Å². The topological polar surface area (TPSA) is 113 Å². The first-order valence-corrected chi connectivity index (χ1v) is 5.18. The molecule has 0 radical (unpaired) electrons. The van der Waals surface area contributed by atoms with Crippen LogP contribution < -0.4 is 5.73 Å². The van der Waals surface area contributed by atoms with E-state index in [9.17, 15) is 15.2 Å². The van der Waals surface area contributed by atoms with Crippen molar-refractivity contribution in [1.82, 2.24) is 0 Å². The number of aromatic hydroxyl groups is 1. The van der Waals surface area contributed by atoms with Crippen LogP contribution in [0.2, 0.25) is 0 Å². The zero-order valence-corrected chi connectivity index (χ0v) is 9.88. The molecule has 6 heteroatoms. The Labute approximate surface area is 104 Å². The van der Waals surface area contributed by atoms with Crippen molar-refractivity contribution in [3.8, 4) is 11.8 Å². The molecule has 0 aliphatic heterocycles. The maximum Gasteiger partial charge on any atom is 0.312 e. The molecule has 1 rings (SSSR count). The minimum Gasteiger partial charge on any atom is -0.502 e. The molecule has 3 N–H and O–H groups in total. The third-order valence-corrected chi connectivity index (χ3v) is 2.41. The Kier molecular flexibility index (Phi) is 4.02. The van der Waals surface area contributed by atoms with Crippen molar-refractivity contribution in [3.63, 3.8) is 0 Å². The van der Waals surface area contributed by atoms with Gasteiger partial charge in [0.25, 0.3) is 0 Å². The van der Waals surface area contributed by atoms with Crippen LogP contribution in [0.15, 0.2) is 24.3 Å². The summed E-state index contributed by atoms with van der Waals surface area (Å²) >= 11 is 0. The van der Waals surface area contributed by atoms with Crippen molar-refractivity contribution in [2.24, 2.45) is 5.73 Å². The number of phenols is 1. The Balaban J connectivity index is 3.35. The second-order valence-electron chi connectivity index (χ2n) is 4.07. The fourth-order valence-electron chi connectivity index (χ4n) is 1.61. The van der Waals surface area contributed by atoms with Crippen LogP contribution in [-0.4, -0.2) is 10.0 Å². The van der Waals surface area contributed by atoms with Crippen LogP contribution in [0.3, 0.4) is 0 Å². The number of phenolic OH excluding ortho intramolecular Hbond substituents is 1. The Morgan fingerprint density at radius 1 is 1.72 bits per heavy atom. The average Bonchev–Trinajstić information content (AvgIpc) is 2.27. The number of rotatable bonds is 4. The first-order valence-electron chi connectivity index (χ1n) is 5.18. The van der Waals surface area contributed by atoms with Crippen LogP contribution in [0.25, 0.3) is 0 Å². The van der Waals surface area contributed by atoms with Crippen LogP contribution in [0.4, 0.5) is 5.69 Å². The quantitative estimate of drug-likeness (QED) is 0.480. The van der Waals surface area contributed by atoms with Crippen molar-refractivity contribution < 1.29 is 10.0 Å². The number of nitriles is 1. The SMILES string of the molecule is C=C(C)C[C@H](N)c1cc(C#N)cc([N+](=O)[O-])c1O. The lowest BCUT2D eigenvalue weighted by Gasteiger charge is -2.13. The van der Waals surface area contributed by atoms with E-state index in [1.807, 2.05) is 0 Å². The normalized spacial score (nSPS) is 11.6.